The largest absolute Gasteiger partial charge is 0.489 e. The summed E-state index contributed by atoms with van der Waals surface area (Å²) in [5.41, 5.74) is 5.25. The summed E-state index contributed by atoms with van der Waals surface area (Å²) >= 11 is 0. The molecule has 0 atom stereocenters. The third-order valence-corrected chi connectivity index (χ3v) is 3.64. The fourth-order valence-electron chi connectivity index (χ4n) is 2.13. The molecule has 0 heterocycles. The molecule has 6 heteroatoms. The zero-order valence-corrected chi connectivity index (χ0v) is 15.9. The minimum Gasteiger partial charge on any atom is -0.489 e. The molecule has 2 aromatic rings. The number of amides is 2. The predicted octanol–water partition coefficient (Wildman–Crippen LogP) is 2.80. The third kappa shape index (κ3) is 7.32. The maximum atomic E-state index is 11.6. The summed E-state index contributed by atoms with van der Waals surface area (Å²) in [7, 11) is 0. The van der Waals surface area contributed by atoms with E-state index in [1.807, 2.05) is 69.3 Å². The molecule has 0 aromatic heterocycles. The number of nitrogens with zero attached hydrogens (tertiary/aromatic N) is 1. The van der Waals surface area contributed by atoms with Crippen molar-refractivity contribution in [2.45, 2.75) is 27.4 Å². The van der Waals surface area contributed by atoms with Gasteiger partial charge in [0.2, 0.25) is 0 Å². The van der Waals surface area contributed by atoms with Crippen LogP contribution >= 0.6 is 0 Å². The van der Waals surface area contributed by atoms with E-state index in [0.29, 0.717) is 18.9 Å². The summed E-state index contributed by atoms with van der Waals surface area (Å²) in [4.78, 5) is 23.2. The molecule has 2 aromatic carbocycles. The molecular formula is C21H25N3O3. The van der Waals surface area contributed by atoms with E-state index in [1.165, 1.54) is 11.8 Å². The van der Waals surface area contributed by atoms with E-state index >= 15 is 0 Å². The highest BCUT2D eigenvalue weighted by Crippen LogP contribution is 2.14. The monoisotopic (exact) mass is 367 g/mol. The van der Waals surface area contributed by atoms with Crippen LogP contribution in [0.15, 0.2) is 53.6 Å². The number of hydrazone groups is 1. The first-order valence-electron chi connectivity index (χ1n) is 8.83. The van der Waals surface area contributed by atoms with Crippen LogP contribution in [0.25, 0.3) is 0 Å². The van der Waals surface area contributed by atoms with Crippen molar-refractivity contribution in [1.29, 1.82) is 0 Å². The van der Waals surface area contributed by atoms with Crippen LogP contribution in [0.3, 0.4) is 0 Å². The molecule has 0 fully saturated rings. The lowest BCUT2D eigenvalue weighted by Crippen LogP contribution is -2.39. The Balaban J connectivity index is 1.85. The molecule has 0 aliphatic rings. The van der Waals surface area contributed by atoms with Gasteiger partial charge in [-0.3, -0.25) is 9.59 Å². The second kappa shape index (κ2) is 10.1. The summed E-state index contributed by atoms with van der Waals surface area (Å²) in [5, 5.41) is 6.35. The van der Waals surface area contributed by atoms with Gasteiger partial charge in [0.1, 0.15) is 12.4 Å². The fraction of sp³-hybridized carbons (Fsp3) is 0.286. The van der Waals surface area contributed by atoms with E-state index in [1.54, 1.807) is 0 Å². The predicted molar refractivity (Wildman–Crippen MR) is 106 cm³/mol. The molecule has 0 aliphatic carbocycles. The molecule has 142 valence electrons. The Labute approximate surface area is 159 Å². The first-order valence-corrected chi connectivity index (χ1v) is 8.83. The van der Waals surface area contributed by atoms with Crippen molar-refractivity contribution in [2.75, 3.05) is 6.54 Å². The minimum atomic E-state index is -0.793. The molecule has 0 saturated carbocycles. The van der Waals surface area contributed by atoms with Gasteiger partial charge in [0.25, 0.3) is 0 Å². The molecule has 0 bridgehead atoms. The number of aryl methyl sites for hydroxylation is 1. The number of ether oxygens (including phenoxy) is 1. The van der Waals surface area contributed by atoms with Gasteiger partial charge in [-0.2, -0.15) is 5.10 Å². The summed E-state index contributed by atoms with van der Waals surface area (Å²) in [5.74, 6) is -0.525. The Bertz CT molecular complexity index is 799. The molecular weight excluding hydrogens is 342 g/mol. The Hall–Kier alpha value is -3.15. The lowest BCUT2D eigenvalue weighted by Gasteiger charge is -2.07. The summed E-state index contributed by atoms with van der Waals surface area (Å²) in [6.07, 6.45) is 1.46. The third-order valence-electron chi connectivity index (χ3n) is 3.64. The molecule has 0 aliphatic heterocycles. The second-order valence-electron chi connectivity index (χ2n) is 6.65. The molecule has 0 unspecified atom stereocenters. The number of hydrogen-bond donors (Lipinski definition) is 2. The number of rotatable bonds is 7. The van der Waals surface area contributed by atoms with Crippen molar-refractivity contribution in [3.05, 3.63) is 65.2 Å². The molecule has 0 spiro atoms. The van der Waals surface area contributed by atoms with E-state index in [2.05, 4.69) is 15.8 Å². The number of hydrogen-bond acceptors (Lipinski definition) is 4. The van der Waals surface area contributed by atoms with Crippen LogP contribution in [0.2, 0.25) is 0 Å². The first-order chi connectivity index (χ1) is 12.9. The van der Waals surface area contributed by atoms with Crippen LogP contribution in [0.5, 0.6) is 5.75 Å². The molecule has 0 saturated heterocycles. The minimum absolute atomic E-state index is 0.271. The number of benzene rings is 2. The highest BCUT2D eigenvalue weighted by Gasteiger charge is 2.12. The number of carbonyl (C=O) groups excluding carboxylic acids is 2. The number of carbonyl (C=O) groups is 2. The standard InChI is InChI=1S/C21H25N3O3/c1-15(2)12-22-20(25)21(26)24-23-13-18-5-4-6-19(11-18)27-14-17-9-7-16(3)8-10-17/h4-11,13,15H,12,14H2,1-3H3,(H,22,25)(H,24,26)/b23-13-. The van der Waals surface area contributed by atoms with Gasteiger partial charge in [0.05, 0.1) is 6.21 Å². The Morgan fingerprint density at radius 3 is 2.56 bits per heavy atom. The molecule has 27 heavy (non-hydrogen) atoms. The van der Waals surface area contributed by atoms with E-state index < -0.39 is 11.8 Å². The average molecular weight is 367 g/mol. The van der Waals surface area contributed by atoms with E-state index in [9.17, 15) is 9.59 Å². The lowest BCUT2D eigenvalue weighted by molar-refractivity contribution is -0.139. The topological polar surface area (TPSA) is 79.8 Å². The van der Waals surface area contributed by atoms with Gasteiger partial charge >= 0.3 is 11.8 Å². The van der Waals surface area contributed by atoms with E-state index in [-0.39, 0.29) is 5.92 Å². The SMILES string of the molecule is Cc1ccc(COc2cccc(/C=N\NC(=O)C(=O)NCC(C)C)c2)cc1. The van der Waals surface area contributed by atoms with Crippen LogP contribution in [0.4, 0.5) is 0 Å². The van der Waals surface area contributed by atoms with Crippen LogP contribution < -0.4 is 15.5 Å². The van der Waals surface area contributed by atoms with Crippen molar-refractivity contribution in [2.24, 2.45) is 11.0 Å². The molecule has 2 rings (SSSR count). The van der Waals surface area contributed by atoms with Crippen molar-refractivity contribution in [3.63, 3.8) is 0 Å². The summed E-state index contributed by atoms with van der Waals surface area (Å²) < 4.78 is 5.78. The highest BCUT2D eigenvalue weighted by atomic mass is 16.5. The van der Waals surface area contributed by atoms with Gasteiger partial charge in [-0.1, -0.05) is 55.8 Å². The zero-order valence-electron chi connectivity index (χ0n) is 15.9. The van der Waals surface area contributed by atoms with Crippen molar-refractivity contribution in [3.8, 4) is 5.75 Å². The van der Waals surface area contributed by atoms with Crippen LogP contribution in [0.1, 0.15) is 30.5 Å². The van der Waals surface area contributed by atoms with Crippen LogP contribution in [-0.4, -0.2) is 24.6 Å². The first kappa shape index (κ1) is 20.2. The van der Waals surface area contributed by atoms with Gasteiger partial charge < -0.3 is 10.1 Å². The molecule has 6 nitrogen and oxygen atoms in total. The quantitative estimate of drug-likeness (QED) is 0.449. The van der Waals surface area contributed by atoms with Crippen LogP contribution in [-0.2, 0) is 16.2 Å². The van der Waals surface area contributed by atoms with Crippen molar-refractivity contribution >= 4 is 18.0 Å². The average Bonchev–Trinajstić information content (AvgIpc) is 2.66. The van der Waals surface area contributed by atoms with Gasteiger partial charge in [0.15, 0.2) is 0 Å². The normalized spacial score (nSPS) is 10.8. The molecule has 2 amide bonds. The van der Waals surface area contributed by atoms with Gasteiger partial charge in [-0.05, 0) is 36.1 Å². The molecule has 0 radical (unpaired) electrons. The van der Waals surface area contributed by atoms with Gasteiger partial charge in [0, 0.05) is 6.54 Å². The van der Waals surface area contributed by atoms with E-state index in [0.717, 1.165) is 11.1 Å². The van der Waals surface area contributed by atoms with Gasteiger partial charge in [-0.15, -0.1) is 0 Å². The Kier molecular flexibility index (Phi) is 7.55. The smallest absolute Gasteiger partial charge is 0.329 e. The number of nitrogens with one attached hydrogen (secondary N) is 2. The summed E-state index contributed by atoms with van der Waals surface area (Å²) in [6, 6.07) is 15.5. The lowest BCUT2D eigenvalue weighted by atomic mass is 10.2. The second-order valence-corrected chi connectivity index (χ2v) is 6.65. The Morgan fingerprint density at radius 2 is 1.85 bits per heavy atom. The molecule has 2 N–H and O–H groups in total. The van der Waals surface area contributed by atoms with E-state index in [4.69, 9.17) is 4.74 Å². The van der Waals surface area contributed by atoms with Crippen molar-refractivity contribution in [1.82, 2.24) is 10.7 Å². The van der Waals surface area contributed by atoms with Crippen molar-refractivity contribution < 1.29 is 14.3 Å². The summed E-state index contributed by atoms with van der Waals surface area (Å²) in [6.45, 7) is 6.85. The van der Waals surface area contributed by atoms with Crippen LogP contribution in [0, 0.1) is 12.8 Å². The van der Waals surface area contributed by atoms with Gasteiger partial charge in [-0.25, -0.2) is 5.43 Å². The fourth-order valence-corrected chi connectivity index (χ4v) is 2.13. The Morgan fingerprint density at radius 1 is 1.11 bits per heavy atom. The zero-order chi connectivity index (χ0) is 19.6. The highest BCUT2D eigenvalue weighted by molar-refractivity contribution is 6.35. The maximum Gasteiger partial charge on any atom is 0.329 e. The maximum absolute atomic E-state index is 11.6.